The van der Waals surface area contributed by atoms with Crippen LogP contribution < -0.4 is 10.1 Å². The first-order valence-electron chi connectivity index (χ1n) is 9.98. The molecule has 1 aliphatic heterocycles. The molecule has 9 nitrogen and oxygen atoms in total. The highest BCUT2D eigenvalue weighted by Crippen LogP contribution is 2.28. The van der Waals surface area contributed by atoms with Crippen LogP contribution in [0.1, 0.15) is 37.8 Å². The Bertz CT molecular complexity index is 1060. The molecule has 10 heteroatoms. The molecular weight excluding hydrogens is 417 g/mol. The lowest BCUT2D eigenvalue weighted by molar-refractivity contribution is -0.151. The molecule has 1 N–H and O–H groups in total. The Morgan fingerprint density at radius 1 is 1.34 bits per heavy atom. The summed E-state index contributed by atoms with van der Waals surface area (Å²) in [5.74, 6) is 2.27. The smallest absolute Gasteiger partial charge is 0.473 e. The van der Waals surface area contributed by atoms with E-state index in [0.29, 0.717) is 25.9 Å². The highest BCUT2D eigenvalue weighted by molar-refractivity contribution is 5.66. The first kappa shape index (κ1) is 22.8. The zero-order valence-corrected chi connectivity index (χ0v) is 17.7. The summed E-state index contributed by atoms with van der Waals surface area (Å²) in [6.07, 6.45) is 6.83. The van der Waals surface area contributed by atoms with Gasteiger partial charge < -0.3 is 19.6 Å². The third-order valence-corrected chi connectivity index (χ3v) is 4.52. The van der Waals surface area contributed by atoms with Gasteiger partial charge in [0.25, 0.3) is 0 Å². The molecule has 0 bridgehead atoms. The van der Waals surface area contributed by atoms with Crippen LogP contribution in [0.15, 0.2) is 24.5 Å². The Morgan fingerprint density at radius 3 is 2.72 bits per heavy atom. The van der Waals surface area contributed by atoms with Gasteiger partial charge >= 0.3 is 6.16 Å². The van der Waals surface area contributed by atoms with E-state index in [1.165, 1.54) is 23.5 Å². The molecule has 0 spiro atoms. The lowest BCUT2D eigenvalue weighted by Gasteiger charge is -2.30. The third kappa shape index (κ3) is 5.84. The predicted octanol–water partition coefficient (Wildman–Crippen LogP) is 3.53. The molecule has 166 valence electrons. The number of piperidine rings is 1. The SMILES string of the molecule is C#Cc1c(Nc2ccc(C#N)cc2F)ncnc1OC1CCN(OC(=O)OC(C)C)CC1. The second-order valence-electron chi connectivity index (χ2n) is 7.23. The van der Waals surface area contributed by atoms with E-state index in [4.69, 9.17) is 26.0 Å². The highest BCUT2D eigenvalue weighted by Gasteiger charge is 2.25. The zero-order valence-electron chi connectivity index (χ0n) is 17.7. The molecule has 0 atom stereocenters. The van der Waals surface area contributed by atoms with E-state index >= 15 is 0 Å². The fourth-order valence-corrected chi connectivity index (χ4v) is 3.02. The molecule has 1 saturated heterocycles. The maximum absolute atomic E-state index is 14.2. The molecule has 1 aromatic carbocycles. The number of halogens is 1. The van der Waals surface area contributed by atoms with E-state index in [1.807, 2.05) is 6.07 Å². The minimum Gasteiger partial charge on any atom is -0.473 e. The second kappa shape index (κ2) is 10.4. The van der Waals surface area contributed by atoms with Crippen LogP contribution in [0.4, 0.5) is 20.7 Å². The van der Waals surface area contributed by atoms with E-state index in [2.05, 4.69) is 21.2 Å². The monoisotopic (exact) mass is 439 g/mol. The summed E-state index contributed by atoms with van der Waals surface area (Å²) in [5, 5.41) is 13.2. The Balaban J connectivity index is 1.64. The van der Waals surface area contributed by atoms with Crippen LogP contribution in [0.3, 0.4) is 0 Å². The second-order valence-corrected chi connectivity index (χ2v) is 7.23. The van der Waals surface area contributed by atoms with Crippen molar-refractivity contribution in [2.75, 3.05) is 18.4 Å². The minimum absolute atomic E-state index is 0.115. The molecule has 1 fully saturated rings. The van der Waals surface area contributed by atoms with Gasteiger partial charge in [0.15, 0.2) is 5.82 Å². The van der Waals surface area contributed by atoms with Crippen molar-refractivity contribution in [3.05, 3.63) is 41.5 Å². The fourth-order valence-electron chi connectivity index (χ4n) is 3.02. The van der Waals surface area contributed by atoms with Crippen molar-refractivity contribution >= 4 is 17.7 Å². The summed E-state index contributed by atoms with van der Waals surface area (Å²) in [6, 6.07) is 5.89. The molecule has 32 heavy (non-hydrogen) atoms. The molecule has 1 aliphatic rings. The van der Waals surface area contributed by atoms with Gasteiger partial charge in [-0.2, -0.15) is 5.26 Å². The van der Waals surface area contributed by atoms with Crippen LogP contribution in [0.25, 0.3) is 0 Å². The average molecular weight is 439 g/mol. The molecule has 1 aromatic heterocycles. The van der Waals surface area contributed by atoms with E-state index in [9.17, 15) is 9.18 Å². The number of ether oxygens (including phenoxy) is 2. The number of anilines is 2. The number of carbonyl (C=O) groups is 1. The zero-order chi connectivity index (χ0) is 23.1. The van der Waals surface area contributed by atoms with Gasteiger partial charge in [0.1, 0.15) is 23.8 Å². The molecule has 2 aromatic rings. The average Bonchev–Trinajstić information content (AvgIpc) is 2.76. The standard InChI is InChI=1S/C22H22FN5O4/c1-4-17-20(27-19-6-5-15(12-24)11-18(19)23)25-13-26-21(17)31-16-7-9-28(10-8-16)32-22(29)30-14(2)3/h1,5-6,11,13-14,16H,7-10H2,2-3H3,(H,25,26,27). The van der Waals surface area contributed by atoms with Gasteiger partial charge in [-0.25, -0.2) is 19.2 Å². The van der Waals surface area contributed by atoms with Gasteiger partial charge in [-0.15, -0.1) is 11.5 Å². The third-order valence-electron chi connectivity index (χ3n) is 4.52. The summed E-state index contributed by atoms with van der Waals surface area (Å²) in [7, 11) is 0. The van der Waals surface area contributed by atoms with Crippen molar-refractivity contribution in [3.63, 3.8) is 0 Å². The van der Waals surface area contributed by atoms with Crippen LogP contribution in [-0.4, -0.2) is 46.5 Å². The topological polar surface area (TPSA) is 110 Å². The molecule has 0 saturated carbocycles. The summed E-state index contributed by atoms with van der Waals surface area (Å²) >= 11 is 0. The van der Waals surface area contributed by atoms with Crippen molar-refractivity contribution in [1.82, 2.24) is 15.0 Å². The van der Waals surface area contributed by atoms with E-state index in [-0.39, 0.29) is 40.7 Å². The maximum Gasteiger partial charge on any atom is 0.528 e. The number of nitriles is 1. The van der Waals surface area contributed by atoms with Gasteiger partial charge in [0, 0.05) is 25.9 Å². The molecule has 2 heterocycles. The fraction of sp³-hybridized carbons (Fsp3) is 0.364. The number of terminal acetylenes is 1. The lowest BCUT2D eigenvalue weighted by atomic mass is 10.1. The van der Waals surface area contributed by atoms with E-state index < -0.39 is 12.0 Å². The molecule has 0 amide bonds. The predicted molar refractivity (Wildman–Crippen MR) is 112 cm³/mol. The van der Waals surface area contributed by atoms with Crippen molar-refractivity contribution in [2.24, 2.45) is 0 Å². The Hall–Kier alpha value is -3.89. The molecule has 0 radical (unpaired) electrons. The number of rotatable bonds is 6. The highest BCUT2D eigenvalue weighted by atomic mass is 19.1. The largest absolute Gasteiger partial charge is 0.528 e. The van der Waals surface area contributed by atoms with E-state index in [1.54, 1.807) is 13.8 Å². The van der Waals surface area contributed by atoms with Crippen molar-refractivity contribution in [1.29, 1.82) is 5.26 Å². The molecule has 0 unspecified atom stereocenters. The van der Waals surface area contributed by atoms with Gasteiger partial charge in [0.2, 0.25) is 5.88 Å². The number of nitrogens with zero attached hydrogens (tertiary/aromatic N) is 4. The number of hydrogen-bond donors (Lipinski definition) is 1. The first-order valence-corrected chi connectivity index (χ1v) is 9.98. The number of aromatic nitrogens is 2. The summed E-state index contributed by atoms with van der Waals surface area (Å²) in [6.45, 7) is 4.39. The van der Waals surface area contributed by atoms with E-state index in [0.717, 1.165) is 6.07 Å². The normalized spacial score (nSPS) is 14.3. The number of carbonyl (C=O) groups excluding carboxylic acids is 1. The van der Waals surface area contributed by atoms with Crippen molar-refractivity contribution in [2.45, 2.75) is 38.9 Å². The quantitative estimate of drug-likeness (QED) is 0.534. The minimum atomic E-state index is -0.740. The Morgan fingerprint density at radius 2 is 2.09 bits per heavy atom. The number of hydroxylamine groups is 2. The van der Waals surface area contributed by atoms with Crippen LogP contribution in [0.5, 0.6) is 5.88 Å². The number of hydrogen-bond acceptors (Lipinski definition) is 9. The van der Waals surface area contributed by atoms with Gasteiger partial charge in [-0.1, -0.05) is 5.92 Å². The summed E-state index contributed by atoms with van der Waals surface area (Å²) in [5.41, 5.74) is 0.559. The first-order chi connectivity index (χ1) is 15.4. The van der Waals surface area contributed by atoms with Gasteiger partial charge in [-0.05, 0) is 32.0 Å². The summed E-state index contributed by atoms with van der Waals surface area (Å²) in [4.78, 5) is 25.0. The molecule has 3 rings (SSSR count). The Kier molecular flexibility index (Phi) is 7.42. The van der Waals surface area contributed by atoms with Crippen LogP contribution in [0.2, 0.25) is 0 Å². The summed E-state index contributed by atoms with van der Waals surface area (Å²) < 4.78 is 25.2. The maximum atomic E-state index is 14.2. The number of nitrogens with one attached hydrogen (secondary N) is 1. The van der Waals surface area contributed by atoms with Crippen molar-refractivity contribution in [3.8, 4) is 24.3 Å². The molecule has 0 aliphatic carbocycles. The number of benzene rings is 1. The van der Waals surface area contributed by atoms with Crippen molar-refractivity contribution < 1.29 is 23.5 Å². The Labute approximate surface area is 185 Å². The van der Waals surface area contributed by atoms with Gasteiger partial charge in [-0.3, -0.25) is 0 Å². The van der Waals surface area contributed by atoms with Crippen LogP contribution in [-0.2, 0) is 9.57 Å². The lowest BCUT2D eigenvalue weighted by Crippen LogP contribution is -2.40. The van der Waals surface area contributed by atoms with Crippen LogP contribution in [0, 0.1) is 29.5 Å². The van der Waals surface area contributed by atoms with Gasteiger partial charge in [0.05, 0.1) is 23.4 Å². The van der Waals surface area contributed by atoms with Crippen LogP contribution >= 0.6 is 0 Å². The molecular formula is C22H22FN5O4.